The lowest BCUT2D eigenvalue weighted by atomic mass is 9.83. The standard InChI is InChI=1S/C46H73N7O18S/c1-25-21-31(54)37(64-24-25)67-35-29(49-40(57)69-44(5,6)7)22-28(48-39(56)68-43(2,3)4)34(33(35)55)66-36-27(47-38(50-41(58)70-45(8,9)10)51-42(59)71-46(11,12)13)20-19-26(65-36)23-52(14)72(62,63)32-18-16-15-17-30(32)53(60)61/h15-19,25,27-29,31,33-37,54-55H,20-24H2,1-14H3,(H,48,56)(H,49,57)(H2,47,50,51,58,59)/t25-,27+,28-,29+,31+,33-,34+,35-,36+,37+/m0/s1. The lowest BCUT2D eigenvalue weighted by Crippen LogP contribution is -2.68. The number of likely N-dealkylation sites (N-methyl/N-ethyl adjacent to an activating group) is 1. The van der Waals surface area contributed by atoms with Crippen molar-refractivity contribution in [3.05, 3.63) is 46.2 Å². The van der Waals surface area contributed by atoms with Gasteiger partial charge in [-0.1, -0.05) is 19.1 Å². The van der Waals surface area contributed by atoms with Gasteiger partial charge in [0, 0.05) is 13.1 Å². The van der Waals surface area contributed by atoms with E-state index in [0.29, 0.717) is 0 Å². The number of para-hydroxylation sites is 1. The van der Waals surface area contributed by atoms with Crippen molar-refractivity contribution in [3.63, 3.8) is 0 Å². The van der Waals surface area contributed by atoms with Crippen molar-refractivity contribution >= 4 is 46.0 Å². The van der Waals surface area contributed by atoms with Crippen molar-refractivity contribution in [1.29, 1.82) is 0 Å². The van der Waals surface area contributed by atoms with Crippen LogP contribution in [0.3, 0.4) is 0 Å². The van der Waals surface area contributed by atoms with Crippen molar-refractivity contribution in [3.8, 4) is 0 Å². The first-order valence-electron chi connectivity index (χ1n) is 23.4. The summed E-state index contributed by atoms with van der Waals surface area (Å²) in [5.74, 6) is -0.642. The minimum absolute atomic E-state index is 0.0511. The molecule has 0 radical (unpaired) electrons. The minimum atomic E-state index is -4.57. The summed E-state index contributed by atoms with van der Waals surface area (Å²) < 4.78 is 75.7. The Hall–Kier alpha value is -5.38. The predicted molar refractivity (Wildman–Crippen MR) is 257 cm³/mol. The molecule has 4 rings (SSSR count). The molecule has 1 aromatic carbocycles. The van der Waals surface area contributed by atoms with E-state index >= 15 is 0 Å². The van der Waals surface area contributed by atoms with Crippen LogP contribution in [0.15, 0.2) is 46.0 Å². The van der Waals surface area contributed by atoms with E-state index in [2.05, 4.69) is 26.3 Å². The fourth-order valence-corrected chi connectivity index (χ4v) is 8.78. The zero-order valence-electron chi connectivity index (χ0n) is 43.4. The molecule has 1 saturated heterocycles. The molecule has 2 fully saturated rings. The summed E-state index contributed by atoms with van der Waals surface area (Å²) in [6.07, 6.45) is -11.8. The van der Waals surface area contributed by atoms with E-state index in [9.17, 15) is 47.9 Å². The molecule has 0 aromatic heterocycles. The number of rotatable bonds is 12. The van der Waals surface area contributed by atoms with E-state index in [1.807, 2.05) is 6.92 Å². The number of benzene rings is 1. The second-order valence-corrected chi connectivity index (χ2v) is 23.7. The molecule has 0 spiro atoms. The van der Waals surface area contributed by atoms with Crippen LogP contribution in [0.1, 0.15) is 109 Å². The van der Waals surface area contributed by atoms with Crippen LogP contribution >= 0.6 is 0 Å². The number of ether oxygens (including phenoxy) is 8. The first-order valence-corrected chi connectivity index (χ1v) is 24.8. The first kappa shape index (κ1) is 59.2. The number of carbonyl (C=O) groups excluding carboxylic acids is 4. The van der Waals surface area contributed by atoms with Gasteiger partial charge in [0.15, 0.2) is 11.2 Å². The Kier molecular flexibility index (Phi) is 19.4. The summed E-state index contributed by atoms with van der Waals surface area (Å²) in [5, 5.41) is 45.7. The van der Waals surface area contributed by atoms with Crippen molar-refractivity contribution < 1.29 is 80.6 Å². The quantitative estimate of drug-likeness (QED) is 0.0544. The number of guanidine groups is 1. The number of nitro groups is 1. The van der Waals surface area contributed by atoms with E-state index < -0.39 is 140 Å². The Morgan fingerprint density at radius 2 is 1.25 bits per heavy atom. The third kappa shape index (κ3) is 18.3. The summed E-state index contributed by atoms with van der Waals surface area (Å²) in [5.41, 5.74) is -4.68. The Morgan fingerprint density at radius 1 is 0.778 bits per heavy atom. The Labute approximate surface area is 420 Å². The zero-order valence-corrected chi connectivity index (χ0v) is 44.2. The van der Waals surface area contributed by atoms with Crippen LogP contribution in [0.25, 0.3) is 0 Å². The summed E-state index contributed by atoms with van der Waals surface area (Å²) in [4.78, 5) is 68.4. The third-order valence-electron chi connectivity index (χ3n) is 10.3. The largest absolute Gasteiger partial charge is 0.466 e. The molecule has 406 valence electrons. The number of carbonyl (C=O) groups is 4. The number of sulfonamides is 1. The van der Waals surface area contributed by atoms with E-state index in [4.69, 9.17) is 37.9 Å². The number of amides is 4. The number of aliphatic hydroxyl groups is 2. The highest BCUT2D eigenvalue weighted by Crippen LogP contribution is 2.34. The molecule has 2 heterocycles. The number of hydrogen-bond donors (Lipinski definition) is 6. The molecular weight excluding hydrogens is 971 g/mol. The third-order valence-corrected chi connectivity index (χ3v) is 12.1. The van der Waals surface area contributed by atoms with Gasteiger partial charge in [-0.2, -0.15) is 4.31 Å². The minimum Gasteiger partial charge on any atom is -0.466 e. The number of alkyl carbamates (subject to hydrolysis) is 4. The highest BCUT2D eigenvalue weighted by Gasteiger charge is 2.51. The molecule has 1 saturated carbocycles. The molecule has 10 atom stereocenters. The number of aliphatic hydroxyl groups excluding tert-OH is 2. The molecule has 2 aliphatic heterocycles. The van der Waals surface area contributed by atoms with Crippen LogP contribution in [-0.4, -0.2) is 156 Å². The smallest absolute Gasteiger partial charge is 0.414 e. The molecular formula is C46H73N7O18S. The van der Waals surface area contributed by atoms with Crippen LogP contribution < -0.4 is 21.3 Å². The number of hydrogen-bond acceptors (Lipinski definition) is 19. The van der Waals surface area contributed by atoms with Crippen LogP contribution in [-0.2, 0) is 47.9 Å². The van der Waals surface area contributed by atoms with Gasteiger partial charge in [-0.15, -0.1) is 0 Å². The fourth-order valence-electron chi connectivity index (χ4n) is 7.49. The Balaban J connectivity index is 1.87. The number of nitro benzene ring substituents is 1. The number of nitrogens with zero attached hydrogens (tertiary/aromatic N) is 3. The topological polar surface area (TPSA) is 324 Å². The summed E-state index contributed by atoms with van der Waals surface area (Å²) in [6.45, 7) is 20.9. The SMILES string of the molecule is C[C@@H]1CO[C@H](O[C@@H]2[C@@H](O)[C@H](O[C@H]3OC(CN(C)S(=O)(=O)c4ccccc4[N+](=O)[O-])=CC[C@H]3N=C(NC(=O)OC(C)(C)C)NC(=O)OC(C)(C)C)[C@@H](NC(=O)OC(C)(C)C)C[C@H]2NC(=O)OC(C)(C)C)[C@H](O)C1. The molecule has 25 nitrogen and oxygen atoms in total. The average Bonchev–Trinajstić information content (AvgIpc) is 3.19. The Bertz CT molecular complexity index is 2240. The van der Waals surface area contributed by atoms with Gasteiger partial charge >= 0.3 is 24.4 Å². The van der Waals surface area contributed by atoms with Crippen molar-refractivity contribution in [2.24, 2.45) is 10.9 Å². The van der Waals surface area contributed by atoms with Crippen LogP contribution in [0.5, 0.6) is 0 Å². The summed E-state index contributed by atoms with van der Waals surface area (Å²) >= 11 is 0. The molecule has 6 N–H and O–H groups in total. The summed E-state index contributed by atoms with van der Waals surface area (Å²) in [7, 11) is -3.40. The molecule has 3 aliphatic rings. The maximum atomic E-state index is 13.9. The van der Waals surface area contributed by atoms with Crippen molar-refractivity contribution in [1.82, 2.24) is 25.6 Å². The molecule has 26 heteroatoms. The highest BCUT2D eigenvalue weighted by molar-refractivity contribution is 7.89. The van der Waals surface area contributed by atoms with E-state index in [1.54, 1.807) is 83.1 Å². The second kappa shape index (κ2) is 23.7. The van der Waals surface area contributed by atoms with Crippen molar-refractivity contribution in [2.45, 2.75) is 192 Å². The van der Waals surface area contributed by atoms with Crippen molar-refractivity contribution in [2.75, 3.05) is 20.2 Å². The number of aliphatic imine (C=N–C) groups is 1. The van der Waals surface area contributed by atoms with E-state index in [-0.39, 0.29) is 37.5 Å². The van der Waals surface area contributed by atoms with Gasteiger partial charge in [0.05, 0.1) is 30.2 Å². The molecule has 0 bridgehead atoms. The molecule has 4 amide bonds. The van der Waals surface area contributed by atoms with Crippen LogP contribution in [0.2, 0.25) is 0 Å². The molecule has 0 unspecified atom stereocenters. The maximum Gasteiger partial charge on any atom is 0.414 e. The van der Waals surface area contributed by atoms with Gasteiger partial charge in [0.2, 0.25) is 22.3 Å². The first-order chi connectivity index (χ1) is 33.0. The van der Waals surface area contributed by atoms with Crippen LogP contribution in [0.4, 0.5) is 24.9 Å². The average molecular weight is 1040 g/mol. The monoisotopic (exact) mass is 1040 g/mol. The van der Waals surface area contributed by atoms with Gasteiger partial charge < -0.3 is 58.7 Å². The molecule has 72 heavy (non-hydrogen) atoms. The highest BCUT2D eigenvalue weighted by atomic mass is 32.2. The lowest BCUT2D eigenvalue weighted by Gasteiger charge is -2.47. The maximum absolute atomic E-state index is 13.9. The number of nitrogens with one attached hydrogen (secondary N) is 4. The second-order valence-electron chi connectivity index (χ2n) is 21.7. The predicted octanol–water partition coefficient (Wildman–Crippen LogP) is 4.68. The van der Waals surface area contributed by atoms with Crippen LogP contribution in [0, 0.1) is 16.0 Å². The Morgan fingerprint density at radius 3 is 1.72 bits per heavy atom. The fraction of sp³-hybridized carbons (Fsp3) is 0.717. The van der Waals surface area contributed by atoms with Gasteiger partial charge in [-0.25, -0.2) is 32.6 Å². The van der Waals surface area contributed by atoms with Gasteiger partial charge in [0.25, 0.3) is 5.69 Å². The summed E-state index contributed by atoms with van der Waals surface area (Å²) in [6, 6.07) is 1.01. The zero-order chi connectivity index (χ0) is 54.3. The van der Waals surface area contributed by atoms with Gasteiger partial charge in [-0.05, 0) is 120 Å². The lowest BCUT2D eigenvalue weighted by molar-refractivity contribution is -0.387. The molecule has 1 aromatic rings. The molecule has 1 aliphatic carbocycles. The van der Waals surface area contributed by atoms with E-state index in [0.717, 1.165) is 23.5 Å². The van der Waals surface area contributed by atoms with E-state index in [1.165, 1.54) is 18.2 Å². The van der Waals surface area contributed by atoms with Gasteiger partial charge in [-0.3, -0.25) is 20.7 Å². The normalized spacial score (nSPS) is 26.2. The van der Waals surface area contributed by atoms with Gasteiger partial charge in [0.1, 0.15) is 58.6 Å².